The molecule has 0 atom stereocenters. The summed E-state index contributed by atoms with van der Waals surface area (Å²) >= 11 is 0. The number of hydrogen-bond acceptors (Lipinski definition) is 3. The molecule has 0 radical (unpaired) electrons. The summed E-state index contributed by atoms with van der Waals surface area (Å²) in [7, 11) is 0. The molecule has 5 nitrogen and oxygen atoms in total. The van der Waals surface area contributed by atoms with Gasteiger partial charge < -0.3 is 10.1 Å². The first-order chi connectivity index (χ1) is 10.2. The van der Waals surface area contributed by atoms with Gasteiger partial charge in [0.2, 0.25) is 0 Å². The summed E-state index contributed by atoms with van der Waals surface area (Å²) in [5, 5.41) is 5.44. The summed E-state index contributed by atoms with van der Waals surface area (Å²) in [6.45, 7) is 3.06. The van der Waals surface area contributed by atoms with Gasteiger partial charge in [-0.3, -0.25) is 5.32 Å². The molecule has 1 heterocycles. The number of nitrogens with zero attached hydrogens (tertiary/aromatic N) is 1. The topological polar surface area (TPSA) is 63.2 Å². The number of nitrogens with one attached hydrogen (secondary N) is 2. The van der Waals surface area contributed by atoms with E-state index in [1.54, 1.807) is 12.3 Å². The zero-order valence-corrected chi connectivity index (χ0v) is 12.0. The van der Waals surface area contributed by atoms with Crippen LogP contribution < -0.4 is 15.4 Å². The maximum atomic E-state index is 11.6. The number of benzene rings is 1. The molecule has 0 saturated heterocycles. The van der Waals surface area contributed by atoms with Crippen LogP contribution in [0.5, 0.6) is 5.75 Å². The Kier molecular flexibility index (Phi) is 5.58. The fourth-order valence-electron chi connectivity index (χ4n) is 1.68. The third kappa shape index (κ3) is 5.52. The van der Waals surface area contributed by atoms with Crippen molar-refractivity contribution in [1.82, 2.24) is 10.3 Å². The lowest BCUT2D eigenvalue weighted by atomic mass is 10.3. The molecule has 2 N–H and O–H groups in total. The van der Waals surface area contributed by atoms with Crippen LogP contribution in [0, 0.1) is 6.92 Å². The molecule has 2 aromatic rings. The Labute approximate surface area is 124 Å². The molecule has 2 rings (SSSR count). The van der Waals surface area contributed by atoms with E-state index < -0.39 is 0 Å². The highest BCUT2D eigenvalue weighted by molar-refractivity contribution is 5.88. The van der Waals surface area contributed by atoms with Crippen LogP contribution in [0.15, 0.2) is 48.7 Å². The number of amides is 2. The van der Waals surface area contributed by atoms with E-state index in [0.717, 1.165) is 17.7 Å². The average molecular weight is 285 g/mol. The van der Waals surface area contributed by atoms with Gasteiger partial charge in [-0.25, -0.2) is 9.78 Å². The number of rotatable bonds is 6. The van der Waals surface area contributed by atoms with Crippen LogP contribution in [0.1, 0.15) is 12.0 Å². The van der Waals surface area contributed by atoms with Gasteiger partial charge in [-0.15, -0.1) is 0 Å². The smallest absolute Gasteiger partial charge is 0.320 e. The molecule has 0 saturated carbocycles. The minimum Gasteiger partial charge on any atom is -0.494 e. The van der Waals surface area contributed by atoms with Crippen LogP contribution in [0.25, 0.3) is 0 Å². The molecule has 2 amide bonds. The summed E-state index contributed by atoms with van der Waals surface area (Å²) in [6, 6.07) is 13.0. The molecule has 0 aliphatic rings. The molecule has 0 spiro atoms. The van der Waals surface area contributed by atoms with E-state index in [0.29, 0.717) is 19.0 Å². The zero-order valence-electron chi connectivity index (χ0n) is 12.0. The average Bonchev–Trinajstić information content (AvgIpc) is 2.50. The van der Waals surface area contributed by atoms with Gasteiger partial charge in [-0.05, 0) is 37.1 Å². The Bertz CT molecular complexity index is 555. The Morgan fingerprint density at radius 2 is 2.00 bits per heavy atom. The summed E-state index contributed by atoms with van der Waals surface area (Å²) in [6.07, 6.45) is 2.45. The Balaban J connectivity index is 1.60. The summed E-state index contributed by atoms with van der Waals surface area (Å²) in [5.74, 6) is 1.38. The summed E-state index contributed by atoms with van der Waals surface area (Å²) < 4.78 is 5.54. The molecule has 21 heavy (non-hydrogen) atoms. The van der Waals surface area contributed by atoms with Crippen molar-refractivity contribution in [2.24, 2.45) is 0 Å². The number of carbonyl (C=O) groups is 1. The number of urea groups is 1. The van der Waals surface area contributed by atoms with Gasteiger partial charge in [0.05, 0.1) is 6.61 Å². The highest BCUT2D eigenvalue weighted by Gasteiger charge is 2.01. The fraction of sp³-hybridized carbons (Fsp3) is 0.250. The fourth-order valence-corrected chi connectivity index (χ4v) is 1.68. The van der Waals surface area contributed by atoms with Crippen LogP contribution in [0.4, 0.5) is 10.6 Å². The molecule has 0 fully saturated rings. The van der Waals surface area contributed by atoms with Crippen LogP contribution in [0.2, 0.25) is 0 Å². The van der Waals surface area contributed by atoms with E-state index in [1.807, 2.05) is 43.3 Å². The second-order valence-corrected chi connectivity index (χ2v) is 4.62. The number of para-hydroxylation sites is 1. The molecule has 1 aromatic heterocycles. The number of aromatic nitrogens is 1. The molecular weight excluding hydrogens is 266 g/mol. The first-order valence-electron chi connectivity index (χ1n) is 6.89. The first kappa shape index (κ1) is 14.8. The van der Waals surface area contributed by atoms with Crippen molar-refractivity contribution in [3.8, 4) is 5.75 Å². The van der Waals surface area contributed by atoms with E-state index in [9.17, 15) is 4.79 Å². The molecule has 0 aliphatic carbocycles. The van der Waals surface area contributed by atoms with Gasteiger partial charge in [0.1, 0.15) is 11.6 Å². The Morgan fingerprint density at radius 1 is 1.19 bits per heavy atom. The normalized spacial score (nSPS) is 9.95. The van der Waals surface area contributed by atoms with Gasteiger partial charge in [-0.1, -0.05) is 24.3 Å². The van der Waals surface area contributed by atoms with Crippen molar-refractivity contribution in [2.45, 2.75) is 13.3 Å². The standard InChI is InChI=1S/C16H19N3O2/c1-13-8-9-15(18-12-13)19-16(20)17-10-5-11-21-14-6-3-2-4-7-14/h2-4,6-9,12H,5,10-11H2,1H3,(H2,17,18,19,20). The van der Waals surface area contributed by atoms with Crippen LogP contribution in [-0.4, -0.2) is 24.2 Å². The van der Waals surface area contributed by atoms with Crippen molar-refractivity contribution >= 4 is 11.8 Å². The highest BCUT2D eigenvalue weighted by Crippen LogP contribution is 2.08. The number of carbonyl (C=O) groups excluding carboxylic acids is 1. The second kappa shape index (κ2) is 7.89. The minimum atomic E-state index is -0.258. The lowest BCUT2D eigenvalue weighted by Crippen LogP contribution is -2.30. The molecular formula is C16H19N3O2. The van der Waals surface area contributed by atoms with Crippen LogP contribution in [-0.2, 0) is 0 Å². The predicted octanol–water partition coefficient (Wildman–Crippen LogP) is 2.98. The van der Waals surface area contributed by atoms with Crippen molar-refractivity contribution in [2.75, 3.05) is 18.5 Å². The van der Waals surface area contributed by atoms with Gasteiger partial charge in [0, 0.05) is 12.7 Å². The SMILES string of the molecule is Cc1ccc(NC(=O)NCCCOc2ccccc2)nc1. The van der Waals surface area contributed by atoms with Gasteiger partial charge in [0.15, 0.2) is 0 Å². The number of hydrogen-bond donors (Lipinski definition) is 2. The minimum absolute atomic E-state index is 0.258. The van der Waals surface area contributed by atoms with Crippen LogP contribution >= 0.6 is 0 Å². The molecule has 0 bridgehead atoms. The highest BCUT2D eigenvalue weighted by atomic mass is 16.5. The quantitative estimate of drug-likeness (QED) is 0.802. The van der Waals surface area contributed by atoms with Crippen molar-refractivity contribution in [1.29, 1.82) is 0 Å². The van der Waals surface area contributed by atoms with E-state index in [4.69, 9.17) is 4.74 Å². The Morgan fingerprint density at radius 3 is 2.71 bits per heavy atom. The van der Waals surface area contributed by atoms with E-state index >= 15 is 0 Å². The monoisotopic (exact) mass is 285 g/mol. The largest absolute Gasteiger partial charge is 0.494 e. The lowest BCUT2D eigenvalue weighted by molar-refractivity contribution is 0.250. The summed E-state index contributed by atoms with van der Waals surface area (Å²) in [4.78, 5) is 15.7. The Hall–Kier alpha value is -2.56. The van der Waals surface area contributed by atoms with Crippen molar-refractivity contribution in [3.63, 3.8) is 0 Å². The third-order valence-corrected chi connectivity index (χ3v) is 2.77. The van der Waals surface area contributed by atoms with Crippen LogP contribution in [0.3, 0.4) is 0 Å². The molecule has 0 unspecified atom stereocenters. The lowest BCUT2D eigenvalue weighted by Gasteiger charge is -2.08. The van der Waals surface area contributed by atoms with Crippen molar-refractivity contribution in [3.05, 3.63) is 54.2 Å². The number of ether oxygens (including phenoxy) is 1. The van der Waals surface area contributed by atoms with E-state index in [2.05, 4.69) is 15.6 Å². The van der Waals surface area contributed by atoms with Gasteiger partial charge in [0.25, 0.3) is 0 Å². The molecule has 110 valence electrons. The van der Waals surface area contributed by atoms with Crippen molar-refractivity contribution < 1.29 is 9.53 Å². The van der Waals surface area contributed by atoms with Gasteiger partial charge in [-0.2, -0.15) is 0 Å². The van der Waals surface area contributed by atoms with Gasteiger partial charge >= 0.3 is 6.03 Å². The number of aryl methyl sites for hydroxylation is 1. The predicted molar refractivity (Wildman–Crippen MR) is 82.5 cm³/mol. The second-order valence-electron chi connectivity index (χ2n) is 4.62. The first-order valence-corrected chi connectivity index (χ1v) is 6.89. The zero-order chi connectivity index (χ0) is 14.9. The molecule has 1 aromatic carbocycles. The number of anilines is 1. The summed E-state index contributed by atoms with van der Waals surface area (Å²) in [5.41, 5.74) is 1.05. The van der Waals surface area contributed by atoms with E-state index in [1.165, 1.54) is 0 Å². The number of pyridine rings is 1. The maximum absolute atomic E-state index is 11.6. The molecule has 5 heteroatoms. The maximum Gasteiger partial charge on any atom is 0.320 e. The third-order valence-electron chi connectivity index (χ3n) is 2.77. The molecule has 0 aliphatic heterocycles. The van der Waals surface area contributed by atoms with E-state index in [-0.39, 0.29) is 6.03 Å².